The zero-order valence-electron chi connectivity index (χ0n) is 15.4. The van der Waals surface area contributed by atoms with E-state index in [1.54, 1.807) is 7.11 Å². The number of hydrogen-bond acceptors (Lipinski definition) is 5. The summed E-state index contributed by atoms with van der Waals surface area (Å²) >= 11 is 0. The SMILES string of the molecule is COc1cc(-c2c(-c3ccccc3)ncn2[C@H](C)c2nn[nH]n2)ccc1C. The summed E-state index contributed by atoms with van der Waals surface area (Å²) in [5.74, 6) is 1.44. The Hall–Kier alpha value is -3.48. The van der Waals surface area contributed by atoms with E-state index in [0.29, 0.717) is 5.82 Å². The summed E-state index contributed by atoms with van der Waals surface area (Å²) in [6.07, 6.45) is 1.82. The van der Waals surface area contributed by atoms with Crippen LogP contribution in [-0.2, 0) is 0 Å². The maximum absolute atomic E-state index is 5.53. The molecule has 0 fully saturated rings. The number of ether oxygens (including phenoxy) is 1. The molecule has 2 heterocycles. The van der Waals surface area contributed by atoms with Gasteiger partial charge in [0.1, 0.15) is 5.75 Å². The number of benzene rings is 2. The zero-order chi connectivity index (χ0) is 18.8. The van der Waals surface area contributed by atoms with Crippen molar-refractivity contribution in [1.29, 1.82) is 0 Å². The number of nitrogens with zero attached hydrogens (tertiary/aromatic N) is 5. The molecule has 0 aliphatic rings. The predicted molar refractivity (Wildman–Crippen MR) is 102 cm³/mol. The first kappa shape index (κ1) is 17.0. The van der Waals surface area contributed by atoms with E-state index in [0.717, 1.165) is 33.8 Å². The Morgan fingerprint density at radius 2 is 1.89 bits per heavy atom. The molecule has 7 heteroatoms. The van der Waals surface area contributed by atoms with Gasteiger partial charge in [0, 0.05) is 11.1 Å². The molecule has 0 saturated heterocycles. The van der Waals surface area contributed by atoms with Crippen LogP contribution in [0.1, 0.15) is 24.4 Å². The summed E-state index contributed by atoms with van der Waals surface area (Å²) in [4.78, 5) is 4.71. The Balaban J connectivity index is 1.92. The fourth-order valence-corrected chi connectivity index (χ4v) is 3.19. The molecule has 0 bridgehead atoms. The maximum atomic E-state index is 5.53. The number of rotatable bonds is 5. The molecule has 0 radical (unpaired) electrons. The third kappa shape index (κ3) is 3.08. The van der Waals surface area contributed by atoms with E-state index in [-0.39, 0.29) is 6.04 Å². The number of tetrazole rings is 1. The van der Waals surface area contributed by atoms with Crippen molar-refractivity contribution in [3.8, 4) is 28.3 Å². The van der Waals surface area contributed by atoms with Crippen LogP contribution in [0.2, 0.25) is 0 Å². The van der Waals surface area contributed by atoms with Gasteiger partial charge in [0.15, 0.2) is 5.82 Å². The van der Waals surface area contributed by atoms with Crippen molar-refractivity contribution in [2.24, 2.45) is 0 Å². The van der Waals surface area contributed by atoms with E-state index >= 15 is 0 Å². The molecule has 1 N–H and O–H groups in total. The minimum absolute atomic E-state index is 0.129. The lowest BCUT2D eigenvalue weighted by Gasteiger charge is -2.16. The summed E-state index contributed by atoms with van der Waals surface area (Å²) in [6.45, 7) is 4.05. The summed E-state index contributed by atoms with van der Waals surface area (Å²) in [5, 5.41) is 14.5. The molecule has 27 heavy (non-hydrogen) atoms. The van der Waals surface area contributed by atoms with Gasteiger partial charge >= 0.3 is 0 Å². The first-order valence-corrected chi connectivity index (χ1v) is 8.69. The van der Waals surface area contributed by atoms with Crippen LogP contribution < -0.4 is 4.74 Å². The molecule has 0 aliphatic heterocycles. The van der Waals surface area contributed by atoms with E-state index in [2.05, 4.69) is 49.5 Å². The number of aromatic nitrogens is 6. The second-order valence-electron chi connectivity index (χ2n) is 6.35. The van der Waals surface area contributed by atoms with Crippen LogP contribution in [0.3, 0.4) is 0 Å². The highest BCUT2D eigenvalue weighted by Gasteiger charge is 2.22. The average molecular weight is 360 g/mol. The predicted octanol–water partition coefficient (Wildman–Crippen LogP) is 3.66. The molecule has 0 aliphatic carbocycles. The molecule has 0 amide bonds. The normalized spacial score (nSPS) is 12.1. The first-order valence-electron chi connectivity index (χ1n) is 8.69. The summed E-state index contributed by atoms with van der Waals surface area (Å²) in [5.41, 5.74) is 5.03. The van der Waals surface area contributed by atoms with E-state index in [1.807, 2.05) is 44.4 Å². The van der Waals surface area contributed by atoms with Crippen molar-refractivity contribution < 1.29 is 4.74 Å². The Bertz CT molecular complexity index is 1040. The summed E-state index contributed by atoms with van der Waals surface area (Å²) in [7, 11) is 1.68. The van der Waals surface area contributed by atoms with Crippen LogP contribution in [0, 0.1) is 6.92 Å². The minimum atomic E-state index is -0.129. The van der Waals surface area contributed by atoms with Crippen LogP contribution in [0.15, 0.2) is 54.9 Å². The Labute approximate surface area is 157 Å². The van der Waals surface area contributed by atoms with Crippen LogP contribution >= 0.6 is 0 Å². The van der Waals surface area contributed by atoms with E-state index in [9.17, 15) is 0 Å². The minimum Gasteiger partial charge on any atom is -0.496 e. The van der Waals surface area contributed by atoms with E-state index in [4.69, 9.17) is 9.72 Å². The first-order chi connectivity index (χ1) is 13.2. The number of H-pyrrole nitrogens is 1. The van der Waals surface area contributed by atoms with E-state index < -0.39 is 0 Å². The van der Waals surface area contributed by atoms with Gasteiger partial charge in [0.2, 0.25) is 0 Å². The van der Waals surface area contributed by atoms with Crippen LogP contribution in [0.25, 0.3) is 22.5 Å². The molecule has 2 aromatic carbocycles. The lowest BCUT2D eigenvalue weighted by molar-refractivity contribution is 0.412. The number of aryl methyl sites for hydroxylation is 1. The monoisotopic (exact) mass is 360 g/mol. The van der Waals surface area contributed by atoms with Gasteiger partial charge in [-0.25, -0.2) is 4.98 Å². The second kappa shape index (κ2) is 7.03. The van der Waals surface area contributed by atoms with Crippen molar-refractivity contribution in [2.75, 3.05) is 7.11 Å². The molecule has 4 aromatic rings. The third-order valence-electron chi connectivity index (χ3n) is 4.68. The topological polar surface area (TPSA) is 81.5 Å². The molecule has 2 aromatic heterocycles. The molecular formula is C20H20N6O. The third-order valence-corrected chi connectivity index (χ3v) is 4.68. The number of hydrogen-bond donors (Lipinski definition) is 1. The van der Waals surface area contributed by atoms with Crippen LogP contribution in [0.4, 0.5) is 0 Å². The van der Waals surface area contributed by atoms with Gasteiger partial charge in [-0.05, 0) is 25.5 Å². The van der Waals surface area contributed by atoms with Gasteiger partial charge in [-0.1, -0.05) is 47.7 Å². The largest absolute Gasteiger partial charge is 0.496 e. The highest BCUT2D eigenvalue weighted by atomic mass is 16.5. The summed E-state index contributed by atoms with van der Waals surface area (Å²) < 4.78 is 7.60. The molecule has 1 atom stereocenters. The molecular weight excluding hydrogens is 340 g/mol. The van der Waals surface area contributed by atoms with Gasteiger partial charge in [0.05, 0.1) is 30.9 Å². The number of imidazole rings is 1. The average Bonchev–Trinajstić information content (AvgIpc) is 3.39. The molecule has 0 saturated carbocycles. The Morgan fingerprint density at radius 1 is 1.07 bits per heavy atom. The Morgan fingerprint density at radius 3 is 2.59 bits per heavy atom. The molecule has 4 rings (SSSR count). The van der Waals surface area contributed by atoms with Gasteiger partial charge in [-0.3, -0.25) is 0 Å². The Kier molecular flexibility index (Phi) is 4.42. The lowest BCUT2D eigenvalue weighted by Crippen LogP contribution is -2.09. The van der Waals surface area contributed by atoms with Crippen LogP contribution in [0.5, 0.6) is 5.75 Å². The van der Waals surface area contributed by atoms with Gasteiger partial charge < -0.3 is 9.30 Å². The van der Waals surface area contributed by atoms with Crippen molar-refractivity contribution >= 4 is 0 Å². The van der Waals surface area contributed by atoms with Crippen molar-refractivity contribution in [3.63, 3.8) is 0 Å². The quantitative estimate of drug-likeness (QED) is 0.587. The fraction of sp³-hybridized carbons (Fsp3) is 0.200. The zero-order valence-corrected chi connectivity index (χ0v) is 15.4. The molecule has 7 nitrogen and oxygen atoms in total. The molecule has 136 valence electrons. The van der Waals surface area contributed by atoms with Gasteiger partial charge in [-0.2, -0.15) is 5.21 Å². The van der Waals surface area contributed by atoms with E-state index in [1.165, 1.54) is 0 Å². The van der Waals surface area contributed by atoms with Crippen molar-refractivity contribution in [3.05, 3.63) is 66.2 Å². The molecule has 0 unspecified atom stereocenters. The van der Waals surface area contributed by atoms with Crippen LogP contribution in [-0.4, -0.2) is 37.3 Å². The van der Waals surface area contributed by atoms with Crippen molar-refractivity contribution in [2.45, 2.75) is 19.9 Å². The smallest absolute Gasteiger partial charge is 0.197 e. The van der Waals surface area contributed by atoms with Gasteiger partial charge in [-0.15, -0.1) is 10.2 Å². The van der Waals surface area contributed by atoms with Crippen molar-refractivity contribution in [1.82, 2.24) is 30.2 Å². The number of methoxy groups -OCH3 is 1. The lowest BCUT2D eigenvalue weighted by atomic mass is 10.0. The number of aromatic amines is 1. The second-order valence-corrected chi connectivity index (χ2v) is 6.35. The summed E-state index contributed by atoms with van der Waals surface area (Å²) in [6, 6.07) is 16.2. The highest BCUT2D eigenvalue weighted by molar-refractivity contribution is 5.79. The highest BCUT2D eigenvalue weighted by Crippen LogP contribution is 2.36. The standard InChI is InChI=1S/C20H20N6O/c1-13-9-10-16(11-17(13)27-3)19-18(15-7-5-4-6-8-15)21-12-26(19)14(2)20-22-24-25-23-20/h4-12,14H,1-3H3,(H,22,23,24,25)/t14-/m1/s1. The molecule has 0 spiro atoms. The number of nitrogens with one attached hydrogen (secondary N) is 1. The fourth-order valence-electron chi connectivity index (χ4n) is 3.19. The van der Waals surface area contributed by atoms with Gasteiger partial charge in [0.25, 0.3) is 0 Å². The maximum Gasteiger partial charge on any atom is 0.197 e.